The van der Waals surface area contributed by atoms with E-state index in [9.17, 15) is 0 Å². The maximum absolute atomic E-state index is 2.48. The summed E-state index contributed by atoms with van der Waals surface area (Å²) in [6.45, 7) is 0.213. The van der Waals surface area contributed by atoms with Crippen molar-refractivity contribution in [3.63, 3.8) is 0 Å². The van der Waals surface area contributed by atoms with Gasteiger partial charge in [-0.3, -0.25) is 0 Å². The number of para-hydroxylation sites is 2. The Morgan fingerprint density at radius 2 is 1.32 bits per heavy atom. The largest absolute Gasteiger partial charge is 0.309 e. The van der Waals surface area contributed by atoms with Crippen LogP contribution < -0.4 is 16.4 Å². The van der Waals surface area contributed by atoms with Crippen molar-refractivity contribution in [1.29, 1.82) is 0 Å². The molecule has 0 fully saturated rings. The van der Waals surface area contributed by atoms with E-state index in [0.29, 0.717) is 0 Å². The van der Waals surface area contributed by atoms with Gasteiger partial charge in [-0.1, -0.05) is 126 Å². The van der Waals surface area contributed by atoms with Crippen molar-refractivity contribution in [1.82, 2.24) is 4.57 Å². The summed E-state index contributed by atoms with van der Waals surface area (Å²) in [6, 6.07) is 49.7. The molecule has 2 aliphatic heterocycles. The molecule has 0 saturated carbocycles. The van der Waals surface area contributed by atoms with Crippen molar-refractivity contribution >= 4 is 78.2 Å². The highest BCUT2D eigenvalue weighted by molar-refractivity contribution is 8.00. The second kappa shape index (κ2) is 7.93. The number of benzene rings is 7. The molecule has 7 aromatic carbocycles. The maximum Gasteiger partial charge on any atom is 0.245 e. The molecule has 0 bridgehead atoms. The predicted molar refractivity (Wildman–Crippen MR) is 176 cm³/mol. The second-order valence-electron chi connectivity index (χ2n) is 11.2. The zero-order chi connectivity index (χ0) is 26.7. The van der Waals surface area contributed by atoms with Crippen LogP contribution >= 0.6 is 11.8 Å². The van der Waals surface area contributed by atoms with Crippen LogP contribution in [0.1, 0.15) is 0 Å². The Morgan fingerprint density at radius 3 is 2.24 bits per heavy atom. The summed E-state index contributed by atoms with van der Waals surface area (Å²) in [5.74, 6) is 0. The van der Waals surface area contributed by atoms with Gasteiger partial charge in [-0.15, -0.1) is 0 Å². The average molecular weight is 535 g/mol. The van der Waals surface area contributed by atoms with Gasteiger partial charge in [0, 0.05) is 31.6 Å². The molecule has 3 heteroatoms. The third kappa shape index (κ3) is 2.79. The molecule has 0 aliphatic carbocycles. The van der Waals surface area contributed by atoms with Crippen LogP contribution in [-0.4, -0.2) is 11.3 Å². The van der Waals surface area contributed by atoms with Gasteiger partial charge in [-0.2, -0.15) is 0 Å². The van der Waals surface area contributed by atoms with Crippen LogP contribution in [0.2, 0.25) is 0 Å². The van der Waals surface area contributed by atoms with Crippen LogP contribution in [0.15, 0.2) is 143 Å². The quantitative estimate of drug-likeness (QED) is 0.193. The third-order valence-corrected chi connectivity index (χ3v) is 10.5. The van der Waals surface area contributed by atoms with Gasteiger partial charge in [0.2, 0.25) is 6.71 Å². The monoisotopic (exact) mass is 535 g/mol. The Kier molecular flexibility index (Phi) is 4.26. The molecule has 1 nitrogen and oxygen atoms in total. The molecule has 10 rings (SSSR count). The fourth-order valence-electron chi connectivity index (χ4n) is 7.61. The van der Waals surface area contributed by atoms with Crippen LogP contribution in [0.5, 0.6) is 0 Å². The summed E-state index contributed by atoms with van der Waals surface area (Å²) in [6.07, 6.45) is 0. The molecule has 0 atom stereocenters. The van der Waals surface area contributed by atoms with Gasteiger partial charge in [0.15, 0.2) is 0 Å². The lowest BCUT2D eigenvalue weighted by Gasteiger charge is -2.34. The number of rotatable bonds is 1. The van der Waals surface area contributed by atoms with Crippen LogP contribution in [0.3, 0.4) is 0 Å². The van der Waals surface area contributed by atoms with Crippen LogP contribution in [0.25, 0.3) is 60.2 Å². The lowest BCUT2D eigenvalue weighted by molar-refractivity contribution is 1.19. The van der Waals surface area contributed by atoms with Crippen molar-refractivity contribution < 1.29 is 0 Å². The summed E-state index contributed by atoms with van der Waals surface area (Å²) in [4.78, 5) is 2.78. The minimum absolute atomic E-state index is 0.213. The molecule has 0 N–H and O–H groups in total. The van der Waals surface area contributed by atoms with E-state index in [4.69, 9.17) is 0 Å². The molecule has 1 aromatic heterocycles. The Hall–Kier alpha value is -4.73. The van der Waals surface area contributed by atoms with E-state index in [2.05, 4.69) is 138 Å². The standard InChI is InChI=1S/C38H22BNS/c1-2-11-24(12-3-1)40-33-18-7-6-14-26(33)30-22-29-27-15-9-19-34-36(27)39(31-17-8-16-28(35(29)31)37(30)40)32-21-20-23-10-4-5-13-25(23)38(32)41-34/h1-22H. The molecule has 0 radical (unpaired) electrons. The van der Waals surface area contributed by atoms with Crippen LogP contribution in [0.4, 0.5) is 0 Å². The molecule has 8 aromatic rings. The van der Waals surface area contributed by atoms with Gasteiger partial charge in [0.1, 0.15) is 0 Å². The Morgan fingerprint density at radius 1 is 0.537 bits per heavy atom. The molecule has 41 heavy (non-hydrogen) atoms. The zero-order valence-electron chi connectivity index (χ0n) is 22.1. The summed E-state index contributed by atoms with van der Waals surface area (Å²) >= 11 is 1.95. The Labute approximate surface area is 242 Å². The molecule has 0 saturated heterocycles. The summed E-state index contributed by atoms with van der Waals surface area (Å²) in [7, 11) is 0. The summed E-state index contributed by atoms with van der Waals surface area (Å²) in [5, 5.41) is 7.99. The smallest absolute Gasteiger partial charge is 0.245 e. The molecule has 188 valence electrons. The van der Waals surface area contributed by atoms with E-state index in [0.717, 1.165) is 0 Å². The molecule has 3 heterocycles. The van der Waals surface area contributed by atoms with Crippen LogP contribution in [0, 0.1) is 0 Å². The Balaban J connectivity index is 1.40. The van der Waals surface area contributed by atoms with E-state index >= 15 is 0 Å². The lowest BCUT2D eigenvalue weighted by Crippen LogP contribution is -2.57. The maximum atomic E-state index is 2.48. The highest BCUT2D eigenvalue weighted by Gasteiger charge is 2.39. The van der Waals surface area contributed by atoms with Crippen molar-refractivity contribution in [3.05, 3.63) is 133 Å². The van der Waals surface area contributed by atoms with E-state index in [-0.39, 0.29) is 6.71 Å². The number of hydrogen-bond acceptors (Lipinski definition) is 1. The number of nitrogens with zero attached hydrogens (tertiary/aromatic N) is 1. The topological polar surface area (TPSA) is 4.93 Å². The lowest BCUT2D eigenvalue weighted by atomic mass is 9.33. The van der Waals surface area contributed by atoms with E-state index in [1.807, 2.05) is 11.8 Å². The van der Waals surface area contributed by atoms with E-state index in [1.165, 1.54) is 86.3 Å². The Bertz CT molecular complexity index is 2400. The number of fused-ring (bicyclic) bond motifs is 10. The summed E-state index contributed by atoms with van der Waals surface area (Å²) in [5.41, 5.74) is 10.8. The first-order valence-corrected chi connectivity index (χ1v) is 15.1. The van der Waals surface area contributed by atoms with Gasteiger partial charge in [0.05, 0.1) is 11.0 Å². The van der Waals surface area contributed by atoms with Gasteiger partial charge < -0.3 is 4.57 Å². The van der Waals surface area contributed by atoms with Gasteiger partial charge in [-0.05, 0) is 63.1 Å². The first-order valence-electron chi connectivity index (χ1n) is 14.2. The molecular formula is C38H22BNS. The minimum Gasteiger partial charge on any atom is -0.309 e. The molecular weight excluding hydrogens is 513 g/mol. The van der Waals surface area contributed by atoms with Crippen molar-refractivity contribution in [2.75, 3.05) is 0 Å². The van der Waals surface area contributed by atoms with Crippen LogP contribution in [-0.2, 0) is 0 Å². The van der Waals surface area contributed by atoms with E-state index in [1.54, 1.807) is 0 Å². The molecule has 0 amide bonds. The fraction of sp³-hybridized carbons (Fsp3) is 0. The molecule has 2 aliphatic rings. The highest BCUT2D eigenvalue weighted by atomic mass is 32.2. The average Bonchev–Trinajstić information content (AvgIpc) is 3.37. The number of hydrogen-bond donors (Lipinski definition) is 0. The summed E-state index contributed by atoms with van der Waals surface area (Å²) < 4.78 is 2.47. The first kappa shape index (κ1) is 22.0. The number of aromatic nitrogens is 1. The fourth-order valence-corrected chi connectivity index (χ4v) is 8.92. The van der Waals surface area contributed by atoms with E-state index < -0.39 is 0 Å². The third-order valence-electron chi connectivity index (χ3n) is 9.23. The normalized spacial score (nSPS) is 13.2. The minimum atomic E-state index is 0.213. The van der Waals surface area contributed by atoms with Crippen molar-refractivity contribution in [3.8, 4) is 16.8 Å². The predicted octanol–water partition coefficient (Wildman–Crippen LogP) is 8.05. The molecule has 0 unspecified atom stereocenters. The second-order valence-corrected chi connectivity index (χ2v) is 12.3. The van der Waals surface area contributed by atoms with Crippen molar-refractivity contribution in [2.24, 2.45) is 0 Å². The first-order chi connectivity index (χ1) is 20.4. The van der Waals surface area contributed by atoms with Crippen molar-refractivity contribution in [2.45, 2.75) is 9.79 Å². The molecule has 0 spiro atoms. The zero-order valence-corrected chi connectivity index (χ0v) is 23.0. The van der Waals surface area contributed by atoms with Gasteiger partial charge in [-0.25, -0.2) is 0 Å². The van der Waals surface area contributed by atoms with Gasteiger partial charge >= 0.3 is 0 Å². The SMILES string of the molecule is c1ccc(-n2c3ccccc3c3cc4c5c(cccc5c32)B2c3ccc5ccccc5c3Sc3cccc-4c32)cc1. The van der Waals surface area contributed by atoms with Gasteiger partial charge in [0.25, 0.3) is 0 Å². The highest BCUT2D eigenvalue weighted by Crippen LogP contribution is 2.44.